The van der Waals surface area contributed by atoms with Gasteiger partial charge in [-0.1, -0.05) is 42.5 Å². The largest absolute Gasteiger partial charge is 0.339 e. The molecule has 1 fully saturated rings. The number of nitrogens with zero attached hydrogens (tertiary/aromatic N) is 4. The van der Waals surface area contributed by atoms with Crippen LogP contribution in [0.25, 0.3) is 10.9 Å². The Hall–Kier alpha value is -3.47. The molecule has 1 saturated heterocycles. The number of aromatic nitrogens is 3. The molecule has 0 aliphatic carbocycles. The number of fused-ring (bicyclic) bond motifs is 1. The van der Waals surface area contributed by atoms with Crippen molar-refractivity contribution in [2.45, 2.75) is 39.2 Å². The molecule has 5 heteroatoms. The van der Waals surface area contributed by atoms with Crippen LogP contribution in [0, 0.1) is 12.8 Å². The Bertz CT molecular complexity index is 1260. The van der Waals surface area contributed by atoms with E-state index in [1.165, 1.54) is 10.9 Å². The van der Waals surface area contributed by atoms with E-state index in [0.29, 0.717) is 12.5 Å². The Morgan fingerprint density at radius 2 is 1.79 bits per heavy atom. The zero-order valence-electron chi connectivity index (χ0n) is 19.2. The van der Waals surface area contributed by atoms with Crippen LogP contribution in [0.3, 0.4) is 0 Å². The highest BCUT2D eigenvalue weighted by Crippen LogP contribution is 2.26. The smallest absolute Gasteiger partial charge is 0.254 e. The number of imidazole rings is 1. The first kappa shape index (κ1) is 21.4. The predicted octanol–water partition coefficient (Wildman–Crippen LogP) is 5.27. The molecule has 2 aromatic heterocycles. The van der Waals surface area contributed by atoms with Crippen molar-refractivity contribution in [1.29, 1.82) is 0 Å². The molecule has 5 rings (SSSR count). The third-order valence-electron chi connectivity index (χ3n) is 6.87. The number of carbonyl (C=O) groups is 1. The van der Waals surface area contributed by atoms with E-state index < -0.39 is 0 Å². The fourth-order valence-corrected chi connectivity index (χ4v) is 5.01. The zero-order chi connectivity index (χ0) is 22.6. The molecule has 0 spiro atoms. The van der Waals surface area contributed by atoms with Gasteiger partial charge in [-0.25, -0.2) is 4.98 Å². The van der Waals surface area contributed by atoms with Gasteiger partial charge >= 0.3 is 0 Å². The second kappa shape index (κ2) is 9.57. The Labute approximate surface area is 195 Å². The number of rotatable bonds is 5. The second-order valence-electron chi connectivity index (χ2n) is 9.05. The molecule has 0 saturated carbocycles. The normalized spacial score (nSPS) is 16.6. The standard InChI is InChI=1S/C28H30N4O/c1-21-29-15-18-32(21)20-25-8-2-3-12-26(25)28(33)31-16-6-7-22(13-17-31)19-24-10-4-9-23-11-5-14-30-27(23)24/h2-5,8-12,14-15,18,22H,6-7,13,16-17,19-20H2,1H3. The number of pyridine rings is 1. The Balaban J connectivity index is 1.29. The van der Waals surface area contributed by atoms with Crippen molar-refractivity contribution in [2.75, 3.05) is 13.1 Å². The Morgan fingerprint density at radius 1 is 0.939 bits per heavy atom. The van der Waals surface area contributed by atoms with Gasteiger partial charge in [-0.2, -0.15) is 0 Å². The van der Waals surface area contributed by atoms with Crippen LogP contribution in [0.2, 0.25) is 0 Å². The number of likely N-dealkylation sites (tertiary alicyclic amines) is 1. The van der Waals surface area contributed by atoms with E-state index in [1.54, 1.807) is 6.20 Å². The maximum absolute atomic E-state index is 13.5. The fraction of sp³-hybridized carbons (Fsp3) is 0.321. The lowest BCUT2D eigenvalue weighted by atomic mass is 9.91. The monoisotopic (exact) mass is 438 g/mol. The third kappa shape index (κ3) is 4.68. The molecule has 2 aromatic carbocycles. The predicted molar refractivity (Wildman–Crippen MR) is 131 cm³/mol. The number of para-hydroxylation sites is 1. The number of amides is 1. The molecule has 0 radical (unpaired) electrons. The second-order valence-corrected chi connectivity index (χ2v) is 9.05. The molecule has 0 bridgehead atoms. The van der Waals surface area contributed by atoms with Crippen molar-refractivity contribution in [3.05, 3.63) is 95.7 Å². The summed E-state index contributed by atoms with van der Waals surface area (Å²) < 4.78 is 2.09. The van der Waals surface area contributed by atoms with E-state index in [9.17, 15) is 4.79 Å². The molecule has 1 amide bonds. The van der Waals surface area contributed by atoms with Crippen LogP contribution in [0.4, 0.5) is 0 Å². The van der Waals surface area contributed by atoms with Crippen LogP contribution in [0.15, 0.2) is 73.2 Å². The summed E-state index contributed by atoms with van der Waals surface area (Å²) in [6.07, 6.45) is 9.88. The minimum absolute atomic E-state index is 0.149. The van der Waals surface area contributed by atoms with Crippen molar-refractivity contribution < 1.29 is 4.79 Å². The molecule has 4 aromatic rings. The number of carbonyl (C=O) groups excluding carboxylic acids is 1. The molecule has 1 unspecified atom stereocenters. The minimum Gasteiger partial charge on any atom is -0.339 e. The van der Waals surface area contributed by atoms with Crippen molar-refractivity contribution in [2.24, 2.45) is 5.92 Å². The number of hydrogen-bond acceptors (Lipinski definition) is 3. The van der Waals surface area contributed by atoms with Gasteiger partial charge in [0.1, 0.15) is 5.82 Å². The molecule has 0 N–H and O–H groups in total. The first-order valence-electron chi connectivity index (χ1n) is 11.9. The highest BCUT2D eigenvalue weighted by Gasteiger charge is 2.24. The van der Waals surface area contributed by atoms with E-state index in [-0.39, 0.29) is 5.91 Å². The lowest BCUT2D eigenvalue weighted by Gasteiger charge is -2.22. The van der Waals surface area contributed by atoms with E-state index >= 15 is 0 Å². The number of benzene rings is 2. The molecular formula is C28H30N4O. The molecule has 33 heavy (non-hydrogen) atoms. The molecule has 1 aliphatic rings. The first-order chi connectivity index (χ1) is 16.2. The van der Waals surface area contributed by atoms with Crippen molar-refractivity contribution in [3.8, 4) is 0 Å². The van der Waals surface area contributed by atoms with E-state index in [2.05, 4.69) is 49.8 Å². The summed E-state index contributed by atoms with van der Waals surface area (Å²) in [7, 11) is 0. The summed E-state index contributed by atoms with van der Waals surface area (Å²) in [5, 5.41) is 1.20. The molecule has 168 valence electrons. The van der Waals surface area contributed by atoms with Gasteiger partial charge in [0.25, 0.3) is 5.91 Å². The van der Waals surface area contributed by atoms with Crippen LogP contribution in [-0.2, 0) is 13.0 Å². The minimum atomic E-state index is 0.149. The highest BCUT2D eigenvalue weighted by atomic mass is 16.2. The summed E-state index contributed by atoms with van der Waals surface area (Å²) in [5.41, 5.74) is 4.29. The third-order valence-corrected chi connectivity index (χ3v) is 6.87. The number of aryl methyl sites for hydroxylation is 1. The lowest BCUT2D eigenvalue weighted by Crippen LogP contribution is -2.33. The zero-order valence-corrected chi connectivity index (χ0v) is 19.2. The summed E-state index contributed by atoms with van der Waals surface area (Å²) in [5.74, 6) is 1.67. The molecule has 1 aliphatic heterocycles. The number of hydrogen-bond donors (Lipinski definition) is 0. The van der Waals surface area contributed by atoms with Crippen molar-refractivity contribution >= 4 is 16.8 Å². The molecule has 3 heterocycles. The first-order valence-corrected chi connectivity index (χ1v) is 11.9. The molecular weight excluding hydrogens is 408 g/mol. The van der Waals surface area contributed by atoms with Gasteiger partial charge in [-0.05, 0) is 61.8 Å². The average molecular weight is 439 g/mol. The topological polar surface area (TPSA) is 51.0 Å². The van der Waals surface area contributed by atoms with Gasteiger partial charge in [-0.3, -0.25) is 9.78 Å². The van der Waals surface area contributed by atoms with Crippen molar-refractivity contribution in [1.82, 2.24) is 19.4 Å². The van der Waals surface area contributed by atoms with E-state index in [0.717, 1.165) is 61.2 Å². The van der Waals surface area contributed by atoms with Gasteiger partial charge in [-0.15, -0.1) is 0 Å². The Kier molecular flexibility index (Phi) is 6.20. The van der Waals surface area contributed by atoms with Crippen LogP contribution < -0.4 is 0 Å². The SMILES string of the molecule is Cc1nccn1Cc1ccccc1C(=O)N1CCCC(Cc2cccc3cccnc23)CC1. The van der Waals surface area contributed by atoms with Gasteiger partial charge in [0.05, 0.1) is 5.52 Å². The Morgan fingerprint density at radius 3 is 2.67 bits per heavy atom. The van der Waals surface area contributed by atoms with E-state index in [1.807, 2.05) is 43.6 Å². The molecule has 1 atom stereocenters. The van der Waals surface area contributed by atoms with Crippen LogP contribution in [0.1, 0.15) is 46.6 Å². The summed E-state index contributed by atoms with van der Waals surface area (Å²) in [6, 6.07) is 18.6. The summed E-state index contributed by atoms with van der Waals surface area (Å²) >= 11 is 0. The maximum atomic E-state index is 13.5. The van der Waals surface area contributed by atoms with E-state index in [4.69, 9.17) is 0 Å². The van der Waals surface area contributed by atoms with Gasteiger partial charge in [0.2, 0.25) is 0 Å². The van der Waals surface area contributed by atoms with Crippen molar-refractivity contribution in [3.63, 3.8) is 0 Å². The van der Waals surface area contributed by atoms with Gasteiger partial charge in [0.15, 0.2) is 0 Å². The molecule has 5 nitrogen and oxygen atoms in total. The van der Waals surface area contributed by atoms with Crippen LogP contribution in [-0.4, -0.2) is 38.4 Å². The summed E-state index contributed by atoms with van der Waals surface area (Å²) in [4.78, 5) is 24.5. The van der Waals surface area contributed by atoms with Crippen LogP contribution >= 0.6 is 0 Å². The summed E-state index contributed by atoms with van der Waals surface area (Å²) in [6.45, 7) is 4.28. The fourth-order valence-electron chi connectivity index (χ4n) is 5.01. The highest BCUT2D eigenvalue weighted by molar-refractivity contribution is 5.95. The lowest BCUT2D eigenvalue weighted by molar-refractivity contribution is 0.0758. The maximum Gasteiger partial charge on any atom is 0.254 e. The van der Waals surface area contributed by atoms with Gasteiger partial charge < -0.3 is 9.47 Å². The quantitative estimate of drug-likeness (QED) is 0.426. The van der Waals surface area contributed by atoms with Crippen LogP contribution in [0.5, 0.6) is 0 Å². The van der Waals surface area contributed by atoms with Gasteiger partial charge in [0, 0.05) is 49.2 Å². The average Bonchev–Trinajstić information content (AvgIpc) is 3.10.